The molecule has 4 rings (SSSR count). The predicted octanol–water partition coefficient (Wildman–Crippen LogP) is 2.16. The van der Waals surface area contributed by atoms with E-state index in [1.54, 1.807) is 11.8 Å². The molecule has 1 saturated carbocycles. The van der Waals surface area contributed by atoms with Crippen molar-refractivity contribution in [1.29, 1.82) is 0 Å². The predicted molar refractivity (Wildman–Crippen MR) is 81.6 cm³/mol. The van der Waals surface area contributed by atoms with Crippen LogP contribution in [0, 0.1) is 0 Å². The molecule has 0 radical (unpaired) electrons. The summed E-state index contributed by atoms with van der Waals surface area (Å²) in [5.41, 5.74) is 4.42. The van der Waals surface area contributed by atoms with Crippen molar-refractivity contribution in [2.24, 2.45) is 7.05 Å². The van der Waals surface area contributed by atoms with Crippen molar-refractivity contribution in [3.63, 3.8) is 0 Å². The molecule has 2 aliphatic rings. The van der Waals surface area contributed by atoms with Crippen molar-refractivity contribution in [1.82, 2.24) is 19.5 Å². The zero-order chi connectivity index (χ0) is 14.4. The van der Waals surface area contributed by atoms with E-state index in [-0.39, 0.29) is 5.56 Å². The van der Waals surface area contributed by atoms with Gasteiger partial charge >= 0.3 is 0 Å². The summed E-state index contributed by atoms with van der Waals surface area (Å²) in [5, 5.41) is 0.739. The molecule has 0 spiro atoms. The maximum atomic E-state index is 12.0. The van der Waals surface area contributed by atoms with Crippen LogP contribution < -0.4 is 5.56 Å². The molecule has 0 bridgehead atoms. The van der Waals surface area contributed by atoms with Crippen LogP contribution in [0.5, 0.6) is 0 Å². The van der Waals surface area contributed by atoms with Gasteiger partial charge in [0.15, 0.2) is 5.16 Å². The Morgan fingerprint density at radius 2 is 2.29 bits per heavy atom. The van der Waals surface area contributed by atoms with Crippen LogP contribution in [0.3, 0.4) is 0 Å². The number of nitrogens with zero attached hydrogens (tertiary/aromatic N) is 3. The fourth-order valence-electron chi connectivity index (χ4n) is 2.97. The van der Waals surface area contributed by atoms with E-state index in [2.05, 4.69) is 19.5 Å². The van der Waals surface area contributed by atoms with Crippen LogP contribution in [-0.2, 0) is 25.6 Å². The lowest BCUT2D eigenvalue weighted by Gasteiger charge is -2.06. The van der Waals surface area contributed by atoms with E-state index in [0.29, 0.717) is 5.92 Å². The Morgan fingerprint density at radius 1 is 1.43 bits per heavy atom. The van der Waals surface area contributed by atoms with Gasteiger partial charge in [-0.3, -0.25) is 4.79 Å². The lowest BCUT2D eigenvalue weighted by molar-refractivity contribution is 0.849. The van der Waals surface area contributed by atoms with Crippen LogP contribution in [0.15, 0.2) is 16.3 Å². The Kier molecular flexibility index (Phi) is 3.14. The molecule has 1 N–H and O–H groups in total. The van der Waals surface area contributed by atoms with E-state index in [9.17, 15) is 4.79 Å². The Labute approximate surface area is 127 Å². The molecular formula is C15H18N4OS. The second-order valence-corrected chi connectivity index (χ2v) is 6.86. The lowest BCUT2D eigenvalue weighted by Crippen LogP contribution is -2.15. The highest BCUT2D eigenvalue weighted by Gasteiger charge is 2.29. The number of imidazole rings is 1. The number of nitrogens with one attached hydrogen (secondary N) is 1. The molecule has 2 aliphatic carbocycles. The molecular weight excluding hydrogens is 284 g/mol. The second kappa shape index (κ2) is 5.02. The zero-order valence-electron chi connectivity index (χ0n) is 12.1. The summed E-state index contributed by atoms with van der Waals surface area (Å²) < 4.78 is 2.09. The number of hydrogen-bond donors (Lipinski definition) is 1. The van der Waals surface area contributed by atoms with Gasteiger partial charge in [-0.2, -0.15) is 0 Å². The largest absolute Gasteiger partial charge is 0.337 e. The van der Waals surface area contributed by atoms with Crippen LogP contribution >= 0.6 is 11.8 Å². The topological polar surface area (TPSA) is 63.6 Å². The van der Waals surface area contributed by atoms with E-state index >= 15 is 0 Å². The molecule has 0 atom stereocenters. The first kappa shape index (κ1) is 13.1. The third kappa shape index (κ3) is 2.41. The van der Waals surface area contributed by atoms with E-state index in [1.165, 1.54) is 24.2 Å². The van der Waals surface area contributed by atoms with Crippen molar-refractivity contribution in [3.8, 4) is 0 Å². The molecule has 110 valence electrons. The first-order valence-corrected chi connectivity index (χ1v) is 8.46. The van der Waals surface area contributed by atoms with Crippen molar-refractivity contribution in [2.45, 2.75) is 48.9 Å². The smallest absolute Gasteiger partial charge is 0.254 e. The number of fused-ring (bicyclic) bond motifs is 1. The van der Waals surface area contributed by atoms with Gasteiger partial charge in [0.05, 0.1) is 23.4 Å². The number of aryl methyl sites for hydroxylation is 2. The van der Waals surface area contributed by atoms with E-state index in [1.807, 2.05) is 13.4 Å². The van der Waals surface area contributed by atoms with Gasteiger partial charge in [0, 0.05) is 24.3 Å². The Morgan fingerprint density at radius 3 is 3.10 bits per heavy atom. The molecule has 6 heteroatoms. The average Bonchev–Trinajstić information content (AvgIpc) is 3.07. The molecule has 2 aromatic heterocycles. The van der Waals surface area contributed by atoms with E-state index in [4.69, 9.17) is 0 Å². The molecule has 0 unspecified atom stereocenters. The van der Waals surface area contributed by atoms with Crippen LogP contribution in [0.25, 0.3) is 0 Å². The summed E-state index contributed by atoms with van der Waals surface area (Å²) in [6.07, 6.45) is 7.25. The van der Waals surface area contributed by atoms with E-state index < -0.39 is 0 Å². The third-order valence-electron chi connectivity index (χ3n) is 4.32. The van der Waals surface area contributed by atoms with Crippen LogP contribution in [-0.4, -0.2) is 19.5 Å². The van der Waals surface area contributed by atoms with Gasteiger partial charge in [-0.25, -0.2) is 9.97 Å². The SMILES string of the molecule is Cn1cnc(C2CC2)c1CSc1nc2c(c(=O)[nH]1)CCC2. The Hall–Kier alpha value is -1.56. The van der Waals surface area contributed by atoms with Crippen molar-refractivity contribution < 1.29 is 0 Å². The Bertz CT molecular complexity index is 745. The highest BCUT2D eigenvalue weighted by Crippen LogP contribution is 2.41. The molecule has 21 heavy (non-hydrogen) atoms. The maximum absolute atomic E-state index is 12.0. The number of thioether (sulfide) groups is 1. The van der Waals surface area contributed by atoms with Gasteiger partial charge in [-0.1, -0.05) is 11.8 Å². The highest BCUT2D eigenvalue weighted by atomic mass is 32.2. The van der Waals surface area contributed by atoms with Gasteiger partial charge in [0.25, 0.3) is 5.56 Å². The molecule has 5 nitrogen and oxygen atoms in total. The number of hydrogen-bond acceptors (Lipinski definition) is 4. The van der Waals surface area contributed by atoms with Gasteiger partial charge in [0.2, 0.25) is 0 Å². The van der Waals surface area contributed by atoms with Crippen molar-refractivity contribution in [2.75, 3.05) is 0 Å². The van der Waals surface area contributed by atoms with Gasteiger partial charge < -0.3 is 9.55 Å². The van der Waals surface area contributed by atoms with E-state index in [0.717, 1.165) is 41.4 Å². The van der Waals surface area contributed by atoms with Crippen LogP contribution in [0.2, 0.25) is 0 Å². The zero-order valence-corrected chi connectivity index (χ0v) is 12.9. The summed E-state index contributed by atoms with van der Waals surface area (Å²) in [6.45, 7) is 0. The monoisotopic (exact) mass is 302 g/mol. The molecule has 0 saturated heterocycles. The first-order valence-electron chi connectivity index (χ1n) is 7.47. The maximum Gasteiger partial charge on any atom is 0.254 e. The minimum absolute atomic E-state index is 0.0485. The summed E-state index contributed by atoms with van der Waals surface area (Å²) in [4.78, 5) is 24.1. The van der Waals surface area contributed by atoms with Gasteiger partial charge in [0.1, 0.15) is 0 Å². The fraction of sp³-hybridized carbons (Fsp3) is 0.533. The fourth-order valence-corrected chi connectivity index (χ4v) is 3.94. The number of rotatable bonds is 4. The molecule has 0 aliphatic heterocycles. The molecule has 2 heterocycles. The summed E-state index contributed by atoms with van der Waals surface area (Å²) >= 11 is 1.60. The minimum Gasteiger partial charge on any atom is -0.337 e. The minimum atomic E-state index is 0.0485. The normalized spacial score (nSPS) is 17.2. The standard InChI is InChI=1S/C15H18N4OS/c1-19-8-16-13(9-5-6-9)12(19)7-21-15-17-11-4-2-3-10(11)14(20)18-15/h8-9H,2-7H2,1H3,(H,17,18,20). The number of aromatic nitrogens is 4. The molecule has 2 aromatic rings. The van der Waals surface area contributed by atoms with Crippen molar-refractivity contribution >= 4 is 11.8 Å². The molecule has 0 amide bonds. The highest BCUT2D eigenvalue weighted by molar-refractivity contribution is 7.98. The third-order valence-corrected chi connectivity index (χ3v) is 5.21. The molecule has 1 fully saturated rings. The first-order chi connectivity index (χ1) is 10.2. The molecule has 0 aromatic carbocycles. The van der Waals surface area contributed by atoms with Gasteiger partial charge in [-0.15, -0.1) is 0 Å². The lowest BCUT2D eigenvalue weighted by atomic mass is 10.2. The summed E-state index contributed by atoms with van der Waals surface area (Å²) in [5.74, 6) is 1.46. The quantitative estimate of drug-likeness (QED) is 0.694. The average molecular weight is 302 g/mol. The van der Waals surface area contributed by atoms with Gasteiger partial charge in [-0.05, 0) is 32.1 Å². The van der Waals surface area contributed by atoms with Crippen molar-refractivity contribution in [3.05, 3.63) is 39.3 Å². The Balaban J connectivity index is 1.56. The summed E-state index contributed by atoms with van der Waals surface area (Å²) in [6, 6.07) is 0. The number of aromatic amines is 1. The summed E-state index contributed by atoms with van der Waals surface area (Å²) in [7, 11) is 2.04. The second-order valence-electron chi connectivity index (χ2n) is 5.90. The van der Waals surface area contributed by atoms with Crippen LogP contribution in [0.4, 0.5) is 0 Å². The number of H-pyrrole nitrogens is 1. The van der Waals surface area contributed by atoms with Crippen LogP contribution in [0.1, 0.15) is 47.8 Å².